The third kappa shape index (κ3) is 3.96. The largest absolute Gasteiger partial charge is 0.468 e. The first-order valence-electron chi connectivity index (χ1n) is 8.18. The van der Waals surface area contributed by atoms with Crippen LogP contribution >= 0.6 is 0 Å². The Morgan fingerprint density at radius 2 is 2.24 bits per heavy atom. The summed E-state index contributed by atoms with van der Waals surface area (Å²) in [6.45, 7) is 9.02. The van der Waals surface area contributed by atoms with Crippen LogP contribution < -0.4 is 5.32 Å². The number of nitrogens with one attached hydrogen (secondary N) is 1. The molecule has 0 spiro atoms. The summed E-state index contributed by atoms with van der Waals surface area (Å²) < 4.78 is 10.7. The van der Waals surface area contributed by atoms with E-state index in [4.69, 9.17) is 9.47 Å². The van der Waals surface area contributed by atoms with Crippen molar-refractivity contribution in [3.05, 3.63) is 0 Å². The minimum Gasteiger partial charge on any atom is -0.468 e. The summed E-state index contributed by atoms with van der Waals surface area (Å²) in [5.74, 6) is -0.109. The van der Waals surface area contributed by atoms with Crippen molar-refractivity contribution in [3.63, 3.8) is 0 Å². The highest BCUT2D eigenvalue weighted by molar-refractivity contribution is 5.81. The number of hydrogen-bond donors (Lipinski definition) is 1. The van der Waals surface area contributed by atoms with Gasteiger partial charge in [-0.05, 0) is 46.5 Å². The molecule has 0 amide bonds. The van der Waals surface area contributed by atoms with Gasteiger partial charge in [0.1, 0.15) is 5.54 Å². The maximum atomic E-state index is 12.4. The minimum atomic E-state index is -0.520. The molecular weight excluding hydrogens is 268 g/mol. The minimum absolute atomic E-state index is 0.109. The van der Waals surface area contributed by atoms with Gasteiger partial charge in [-0.3, -0.25) is 15.0 Å². The molecule has 5 heteroatoms. The predicted molar refractivity (Wildman–Crippen MR) is 82.3 cm³/mol. The van der Waals surface area contributed by atoms with Crippen LogP contribution in [0.5, 0.6) is 0 Å². The van der Waals surface area contributed by atoms with E-state index >= 15 is 0 Å². The predicted octanol–water partition coefficient (Wildman–Crippen LogP) is 1.56. The zero-order valence-electron chi connectivity index (χ0n) is 13.9. The molecule has 2 rings (SSSR count). The molecular formula is C16H30N2O3. The standard InChI is InChI=1S/C16H30N2O3/c1-12(2)17-16(15(19)20-4)7-5-6-14(10-16)18-8-9-21-13(3)11-18/h12-14,17H,5-11H2,1-4H3. The van der Waals surface area contributed by atoms with E-state index in [9.17, 15) is 4.79 Å². The molecule has 1 saturated heterocycles. The molecule has 0 radical (unpaired) electrons. The van der Waals surface area contributed by atoms with Crippen LogP contribution in [0.15, 0.2) is 0 Å². The number of rotatable bonds is 4. The second kappa shape index (κ2) is 7.07. The van der Waals surface area contributed by atoms with E-state index in [0.717, 1.165) is 45.4 Å². The Hall–Kier alpha value is -0.650. The molecule has 1 aliphatic heterocycles. The van der Waals surface area contributed by atoms with Crippen molar-refractivity contribution in [2.45, 2.75) is 70.2 Å². The van der Waals surface area contributed by atoms with Gasteiger partial charge in [-0.1, -0.05) is 0 Å². The van der Waals surface area contributed by atoms with Gasteiger partial charge >= 0.3 is 5.97 Å². The first-order chi connectivity index (χ1) is 9.97. The molecule has 3 unspecified atom stereocenters. The monoisotopic (exact) mass is 298 g/mol. The summed E-state index contributed by atoms with van der Waals surface area (Å²) >= 11 is 0. The number of carbonyl (C=O) groups excluding carboxylic acids is 1. The van der Waals surface area contributed by atoms with Crippen LogP contribution in [-0.4, -0.2) is 61.4 Å². The average molecular weight is 298 g/mol. The Morgan fingerprint density at radius 1 is 1.48 bits per heavy atom. The third-order valence-electron chi connectivity index (χ3n) is 4.65. The first kappa shape index (κ1) is 16.7. The van der Waals surface area contributed by atoms with E-state index in [2.05, 4.69) is 31.0 Å². The molecule has 5 nitrogen and oxygen atoms in total. The van der Waals surface area contributed by atoms with Gasteiger partial charge in [0, 0.05) is 25.2 Å². The Labute approximate surface area is 128 Å². The van der Waals surface area contributed by atoms with Gasteiger partial charge in [-0.25, -0.2) is 0 Å². The zero-order valence-corrected chi connectivity index (χ0v) is 13.9. The van der Waals surface area contributed by atoms with E-state index in [1.807, 2.05) is 0 Å². The van der Waals surface area contributed by atoms with Crippen molar-refractivity contribution in [2.75, 3.05) is 26.8 Å². The SMILES string of the molecule is COC(=O)C1(NC(C)C)CCCC(N2CCOC(C)C2)C1. The van der Waals surface area contributed by atoms with Crippen molar-refractivity contribution in [1.82, 2.24) is 10.2 Å². The summed E-state index contributed by atoms with van der Waals surface area (Å²) in [4.78, 5) is 14.9. The van der Waals surface area contributed by atoms with Crippen molar-refractivity contribution in [2.24, 2.45) is 0 Å². The van der Waals surface area contributed by atoms with E-state index < -0.39 is 5.54 Å². The number of morpholine rings is 1. The summed E-state index contributed by atoms with van der Waals surface area (Å²) in [5, 5.41) is 3.49. The topological polar surface area (TPSA) is 50.8 Å². The number of ether oxygens (including phenoxy) is 2. The number of hydrogen-bond acceptors (Lipinski definition) is 5. The fraction of sp³-hybridized carbons (Fsp3) is 0.938. The smallest absolute Gasteiger partial charge is 0.326 e. The van der Waals surface area contributed by atoms with Crippen molar-refractivity contribution >= 4 is 5.97 Å². The summed E-state index contributed by atoms with van der Waals surface area (Å²) in [7, 11) is 1.49. The summed E-state index contributed by atoms with van der Waals surface area (Å²) in [6, 6.07) is 0.710. The van der Waals surface area contributed by atoms with Crippen LogP contribution in [0.4, 0.5) is 0 Å². The zero-order chi connectivity index (χ0) is 15.5. The quantitative estimate of drug-likeness (QED) is 0.798. The van der Waals surface area contributed by atoms with E-state index in [1.54, 1.807) is 0 Å². The van der Waals surface area contributed by atoms with E-state index in [0.29, 0.717) is 6.04 Å². The molecule has 1 aliphatic carbocycles. The lowest BCUT2D eigenvalue weighted by Crippen LogP contribution is -2.61. The maximum Gasteiger partial charge on any atom is 0.326 e. The normalized spacial score (nSPS) is 34.9. The summed E-state index contributed by atoms with van der Waals surface area (Å²) in [6.07, 6.45) is 4.21. The Morgan fingerprint density at radius 3 is 2.86 bits per heavy atom. The Balaban J connectivity index is 2.10. The second-order valence-corrected chi connectivity index (χ2v) is 6.80. The van der Waals surface area contributed by atoms with Crippen molar-refractivity contribution in [1.29, 1.82) is 0 Å². The molecule has 1 saturated carbocycles. The molecule has 0 aromatic rings. The van der Waals surface area contributed by atoms with Gasteiger partial charge in [0.25, 0.3) is 0 Å². The van der Waals surface area contributed by atoms with Gasteiger partial charge in [0.2, 0.25) is 0 Å². The lowest BCUT2D eigenvalue weighted by Gasteiger charge is -2.46. The third-order valence-corrected chi connectivity index (χ3v) is 4.65. The highest BCUT2D eigenvalue weighted by Crippen LogP contribution is 2.33. The van der Waals surface area contributed by atoms with Gasteiger partial charge in [-0.2, -0.15) is 0 Å². The molecule has 1 heterocycles. The Bertz CT molecular complexity index is 361. The average Bonchev–Trinajstić information content (AvgIpc) is 2.46. The van der Waals surface area contributed by atoms with Crippen LogP contribution in [0.25, 0.3) is 0 Å². The maximum absolute atomic E-state index is 12.4. The van der Waals surface area contributed by atoms with E-state index in [1.165, 1.54) is 7.11 Å². The lowest BCUT2D eigenvalue weighted by atomic mass is 9.77. The highest BCUT2D eigenvalue weighted by atomic mass is 16.5. The van der Waals surface area contributed by atoms with Crippen LogP contribution in [0.1, 0.15) is 46.5 Å². The molecule has 21 heavy (non-hydrogen) atoms. The molecule has 122 valence electrons. The van der Waals surface area contributed by atoms with Gasteiger partial charge in [-0.15, -0.1) is 0 Å². The highest BCUT2D eigenvalue weighted by Gasteiger charge is 2.45. The van der Waals surface area contributed by atoms with Crippen molar-refractivity contribution in [3.8, 4) is 0 Å². The molecule has 0 bridgehead atoms. The molecule has 3 atom stereocenters. The Kier molecular flexibility index (Phi) is 5.63. The number of nitrogens with zero attached hydrogens (tertiary/aromatic N) is 1. The summed E-state index contributed by atoms with van der Waals surface area (Å²) in [5.41, 5.74) is -0.520. The molecule has 0 aromatic heterocycles. The van der Waals surface area contributed by atoms with Crippen LogP contribution in [0.2, 0.25) is 0 Å². The van der Waals surface area contributed by atoms with Crippen LogP contribution in [-0.2, 0) is 14.3 Å². The van der Waals surface area contributed by atoms with E-state index in [-0.39, 0.29) is 18.1 Å². The van der Waals surface area contributed by atoms with Gasteiger partial charge < -0.3 is 9.47 Å². The molecule has 1 N–H and O–H groups in total. The first-order valence-corrected chi connectivity index (χ1v) is 8.18. The molecule has 2 aliphatic rings. The molecule has 2 fully saturated rings. The van der Waals surface area contributed by atoms with Gasteiger partial charge in [0.15, 0.2) is 0 Å². The molecule has 0 aromatic carbocycles. The fourth-order valence-corrected chi connectivity index (χ4v) is 3.86. The number of methoxy groups -OCH3 is 1. The number of esters is 1. The van der Waals surface area contributed by atoms with Crippen molar-refractivity contribution < 1.29 is 14.3 Å². The lowest BCUT2D eigenvalue weighted by molar-refractivity contribution is -0.152. The van der Waals surface area contributed by atoms with Gasteiger partial charge in [0.05, 0.1) is 19.8 Å². The fourth-order valence-electron chi connectivity index (χ4n) is 3.86. The number of carbonyl (C=O) groups is 1. The second-order valence-electron chi connectivity index (χ2n) is 6.80. The van der Waals surface area contributed by atoms with Crippen LogP contribution in [0.3, 0.4) is 0 Å². The van der Waals surface area contributed by atoms with Crippen LogP contribution in [0, 0.1) is 0 Å².